The summed E-state index contributed by atoms with van der Waals surface area (Å²) in [5.74, 6) is -0.285. The molecule has 1 atom stereocenters. The van der Waals surface area contributed by atoms with Crippen LogP contribution in [0.1, 0.15) is 37.4 Å². The van der Waals surface area contributed by atoms with Crippen molar-refractivity contribution in [3.05, 3.63) is 65.5 Å². The van der Waals surface area contributed by atoms with E-state index >= 15 is 0 Å². The topological polar surface area (TPSA) is 24.1 Å². The molecule has 116 valence electrons. The van der Waals surface area contributed by atoms with E-state index in [-0.39, 0.29) is 11.9 Å². The van der Waals surface area contributed by atoms with Gasteiger partial charge in [0.2, 0.25) is 0 Å². The molecule has 0 bridgehead atoms. The molecule has 0 aliphatic carbocycles. The van der Waals surface area contributed by atoms with Crippen LogP contribution >= 0.6 is 12.2 Å². The van der Waals surface area contributed by atoms with E-state index in [0.29, 0.717) is 10.8 Å². The van der Waals surface area contributed by atoms with Crippen LogP contribution in [0.2, 0.25) is 0 Å². The molecular formula is C18H21FN2S. The van der Waals surface area contributed by atoms with E-state index in [2.05, 4.69) is 41.8 Å². The van der Waals surface area contributed by atoms with Crippen molar-refractivity contribution in [3.8, 4) is 0 Å². The second-order valence-electron chi connectivity index (χ2n) is 5.32. The zero-order chi connectivity index (χ0) is 15.9. The van der Waals surface area contributed by atoms with Crippen LogP contribution in [0.15, 0.2) is 48.5 Å². The average Bonchev–Trinajstić information content (AvgIpc) is 2.48. The fraction of sp³-hybridized carbons (Fsp3) is 0.278. The van der Waals surface area contributed by atoms with Gasteiger partial charge in [0.15, 0.2) is 5.11 Å². The van der Waals surface area contributed by atoms with E-state index in [1.54, 1.807) is 12.1 Å². The number of nitrogens with one attached hydrogen (secondary N) is 2. The van der Waals surface area contributed by atoms with Gasteiger partial charge in [0.1, 0.15) is 5.82 Å². The number of thiocarbonyl (C=S) groups is 1. The van der Waals surface area contributed by atoms with Crippen LogP contribution in [0.3, 0.4) is 0 Å². The van der Waals surface area contributed by atoms with Gasteiger partial charge in [0.05, 0.1) is 6.04 Å². The summed E-state index contributed by atoms with van der Waals surface area (Å²) < 4.78 is 13.1. The number of hydrogen-bond donors (Lipinski definition) is 2. The molecule has 0 radical (unpaired) electrons. The molecular weight excluding hydrogens is 295 g/mol. The van der Waals surface area contributed by atoms with Crippen molar-refractivity contribution >= 4 is 23.0 Å². The molecule has 22 heavy (non-hydrogen) atoms. The molecule has 0 fully saturated rings. The van der Waals surface area contributed by atoms with Crippen molar-refractivity contribution in [2.24, 2.45) is 0 Å². The first-order valence-corrected chi connectivity index (χ1v) is 7.91. The third-order valence-corrected chi connectivity index (χ3v) is 3.67. The van der Waals surface area contributed by atoms with Gasteiger partial charge >= 0.3 is 0 Å². The van der Waals surface area contributed by atoms with Crippen molar-refractivity contribution in [1.29, 1.82) is 0 Å². The minimum atomic E-state index is -0.285. The maximum absolute atomic E-state index is 13.1. The molecule has 0 aliphatic rings. The normalized spacial score (nSPS) is 11.8. The Kier molecular flexibility index (Phi) is 5.90. The lowest BCUT2D eigenvalue weighted by molar-refractivity contribution is 0.628. The van der Waals surface area contributed by atoms with Gasteiger partial charge in [-0.25, -0.2) is 4.39 Å². The molecule has 0 amide bonds. The minimum absolute atomic E-state index is 0.0873. The predicted octanol–water partition coefficient (Wildman–Crippen LogP) is 4.83. The second kappa shape index (κ2) is 7.90. The smallest absolute Gasteiger partial charge is 0.171 e. The highest BCUT2D eigenvalue weighted by atomic mass is 32.1. The van der Waals surface area contributed by atoms with Crippen LogP contribution in [-0.4, -0.2) is 5.11 Å². The van der Waals surface area contributed by atoms with Crippen molar-refractivity contribution in [3.63, 3.8) is 0 Å². The van der Waals surface area contributed by atoms with Crippen LogP contribution in [0.25, 0.3) is 0 Å². The molecule has 0 aromatic heterocycles. The summed E-state index contributed by atoms with van der Waals surface area (Å²) in [4.78, 5) is 0. The lowest BCUT2D eigenvalue weighted by Crippen LogP contribution is -2.30. The number of halogens is 1. The summed E-state index contributed by atoms with van der Waals surface area (Å²) in [7, 11) is 0. The first-order valence-electron chi connectivity index (χ1n) is 7.50. The van der Waals surface area contributed by atoms with Crippen LogP contribution in [0, 0.1) is 5.82 Å². The molecule has 4 heteroatoms. The van der Waals surface area contributed by atoms with Gasteiger partial charge < -0.3 is 10.6 Å². The molecule has 1 unspecified atom stereocenters. The molecule has 2 aromatic carbocycles. The maximum atomic E-state index is 13.1. The fourth-order valence-corrected chi connectivity index (χ4v) is 2.57. The lowest BCUT2D eigenvalue weighted by atomic mass is 10.0. The van der Waals surface area contributed by atoms with E-state index in [1.807, 2.05) is 6.92 Å². The Balaban J connectivity index is 1.93. The molecule has 2 rings (SSSR count). The molecule has 2 nitrogen and oxygen atoms in total. The summed E-state index contributed by atoms with van der Waals surface area (Å²) in [6.07, 6.45) is 2.25. The summed E-state index contributed by atoms with van der Waals surface area (Å²) in [5.41, 5.74) is 3.16. The highest BCUT2D eigenvalue weighted by molar-refractivity contribution is 7.80. The van der Waals surface area contributed by atoms with E-state index in [0.717, 1.165) is 12.8 Å². The third kappa shape index (κ3) is 4.81. The number of hydrogen-bond acceptors (Lipinski definition) is 1. The SMILES string of the molecule is CCCc1ccc(C(C)NC(=S)Nc2cccc(F)c2)cc1. The molecule has 0 heterocycles. The molecule has 0 spiro atoms. The van der Waals surface area contributed by atoms with Crippen molar-refractivity contribution < 1.29 is 4.39 Å². The minimum Gasteiger partial charge on any atom is -0.356 e. The Labute approximate surface area is 136 Å². The number of rotatable bonds is 5. The maximum Gasteiger partial charge on any atom is 0.171 e. The number of anilines is 1. The van der Waals surface area contributed by atoms with E-state index < -0.39 is 0 Å². The predicted molar refractivity (Wildman–Crippen MR) is 94.6 cm³/mol. The van der Waals surface area contributed by atoms with Gasteiger partial charge in [-0.3, -0.25) is 0 Å². The van der Waals surface area contributed by atoms with Crippen molar-refractivity contribution in [2.75, 3.05) is 5.32 Å². The standard InChI is InChI=1S/C18H21FN2S/c1-3-5-14-8-10-15(11-9-14)13(2)20-18(22)21-17-7-4-6-16(19)12-17/h4,6-13H,3,5H2,1-2H3,(H2,20,21,22). The van der Waals surface area contributed by atoms with Gasteiger partial charge in [-0.1, -0.05) is 43.7 Å². The van der Waals surface area contributed by atoms with Crippen LogP contribution in [0.4, 0.5) is 10.1 Å². The first kappa shape index (κ1) is 16.4. The molecule has 2 N–H and O–H groups in total. The van der Waals surface area contributed by atoms with Crippen molar-refractivity contribution in [2.45, 2.75) is 32.7 Å². The summed E-state index contributed by atoms with van der Waals surface area (Å²) in [6, 6.07) is 14.9. The second-order valence-corrected chi connectivity index (χ2v) is 5.73. The molecule has 0 saturated heterocycles. The third-order valence-electron chi connectivity index (χ3n) is 3.45. The zero-order valence-electron chi connectivity index (χ0n) is 12.9. The van der Waals surface area contributed by atoms with Crippen molar-refractivity contribution in [1.82, 2.24) is 5.32 Å². The quantitative estimate of drug-likeness (QED) is 0.773. The summed E-state index contributed by atoms with van der Waals surface area (Å²) in [5, 5.41) is 6.69. The lowest BCUT2D eigenvalue weighted by Gasteiger charge is -2.18. The van der Waals surface area contributed by atoms with E-state index in [9.17, 15) is 4.39 Å². The summed E-state index contributed by atoms with van der Waals surface area (Å²) in [6.45, 7) is 4.23. The summed E-state index contributed by atoms with van der Waals surface area (Å²) >= 11 is 5.28. The van der Waals surface area contributed by atoms with Crippen LogP contribution in [0.5, 0.6) is 0 Å². The average molecular weight is 316 g/mol. The number of benzene rings is 2. The van der Waals surface area contributed by atoms with Gasteiger partial charge in [-0.15, -0.1) is 0 Å². The monoisotopic (exact) mass is 316 g/mol. The highest BCUT2D eigenvalue weighted by Gasteiger charge is 2.07. The van der Waals surface area contributed by atoms with Gasteiger partial charge in [-0.05, 0) is 54.9 Å². The zero-order valence-corrected chi connectivity index (χ0v) is 13.7. The highest BCUT2D eigenvalue weighted by Crippen LogP contribution is 2.15. The largest absolute Gasteiger partial charge is 0.356 e. The number of aryl methyl sites for hydroxylation is 1. The Hall–Kier alpha value is -1.94. The van der Waals surface area contributed by atoms with Gasteiger partial charge in [0, 0.05) is 5.69 Å². The van der Waals surface area contributed by atoms with E-state index in [1.165, 1.54) is 23.3 Å². The first-order chi connectivity index (χ1) is 10.6. The Morgan fingerprint density at radius 1 is 1.18 bits per heavy atom. The van der Waals surface area contributed by atoms with Gasteiger partial charge in [-0.2, -0.15) is 0 Å². The fourth-order valence-electron chi connectivity index (χ4n) is 2.28. The Bertz CT molecular complexity index is 625. The van der Waals surface area contributed by atoms with Gasteiger partial charge in [0.25, 0.3) is 0 Å². The van der Waals surface area contributed by atoms with E-state index in [4.69, 9.17) is 12.2 Å². The Morgan fingerprint density at radius 2 is 1.91 bits per heavy atom. The molecule has 0 saturated carbocycles. The molecule has 2 aromatic rings. The molecule has 0 aliphatic heterocycles. The van der Waals surface area contributed by atoms with Crippen LogP contribution < -0.4 is 10.6 Å². The Morgan fingerprint density at radius 3 is 2.55 bits per heavy atom. The van der Waals surface area contributed by atoms with Crippen LogP contribution in [-0.2, 0) is 6.42 Å².